The number of rotatable bonds is 5. The predicted molar refractivity (Wildman–Crippen MR) is 34.0 cm³/mol. The number of primary amides is 1. The van der Waals surface area contributed by atoms with Crippen LogP contribution in [0.1, 0.15) is 14.2 Å². The van der Waals surface area contributed by atoms with Crippen molar-refractivity contribution in [3.8, 4) is 0 Å². The number of nitrogens with two attached hydrogens (primary N) is 2. The summed E-state index contributed by atoms with van der Waals surface area (Å²) < 4.78 is 20.5. The maximum Gasteiger partial charge on any atom is 0.320 e. The molecule has 0 aromatic rings. The first kappa shape index (κ1) is 4.68. The minimum atomic E-state index is -2.44. The lowest BCUT2D eigenvalue weighted by molar-refractivity contribution is -0.138. The van der Waals surface area contributed by atoms with Crippen molar-refractivity contribution < 1.29 is 18.9 Å². The summed E-state index contributed by atoms with van der Waals surface area (Å²) in [6, 6.07) is -2.44. The van der Waals surface area contributed by atoms with E-state index in [0.29, 0.717) is 0 Å². The van der Waals surface area contributed by atoms with Crippen molar-refractivity contribution in [1.29, 1.82) is 0 Å². The Morgan fingerprint density at radius 3 is 2.70 bits per heavy atom. The Bertz CT molecular complexity index is 223. The number of carboxylic acids is 1. The smallest absolute Gasteiger partial charge is 0.320 e. The van der Waals surface area contributed by atoms with Gasteiger partial charge in [-0.3, -0.25) is 9.59 Å². The SMILES string of the molecule is [2H]N([2H])[C@@]([2H])(CCC(N)=O)C(=O)O. The van der Waals surface area contributed by atoms with Crippen molar-refractivity contribution in [3.05, 3.63) is 0 Å². The normalized spacial score (nSPS) is 20.3. The van der Waals surface area contributed by atoms with Crippen LogP contribution in [-0.4, -0.2) is 23.0 Å². The highest BCUT2D eigenvalue weighted by Crippen LogP contribution is 1.92. The molecule has 0 spiro atoms. The number of carbonyl (C=O) groups is 2. The molecule has 0 unspecified atom stereocenters. The van der Waals surface area contributed by atoms with Crippen LogP contribution in [0, 0.1) is 0 Å². The van der Waals surface area contributed by atoms with Crippen LogP contribution in [0.3, 0.4) is 0 Å². The number of carboxylic acid groups (broad SMARTS) is 1. The summed E-state index contributed by atoms with van der Waals surface area (Å²) in [4.78, 5) is 20.8. The molecule has 0 aromatic carbocycles. The molecule has 0 heterocycles. The van der Waals surface area contributed by atoms with E-state index in [1.54, 1.807) is 0 Å². The third-order valence-electron chi connectivity index (χ3n) is 0.855. The van der Waals surface area contributed by atoms with E-state index in [4.69, 9.17) is 15.0 Å². The van der Waals surface area contributed by atoms with Gasteiger partial charge in [-0.1, -0.05) is 0 Å². The van der Waals surface area contributed by atoms with Crippen LogP contribution in [0.15, 0.2) is 0 Å². The average Bonchev–Trinajstić information content (AvgIpc) is 1.99. The number of hydrogen-bond donors (Lipinski definition) is 3. The first-order valence-electron chi connectivity index (χ1n) is 4.00. The number of hydrogen-bond acceptors (Lipinski definition) is 3. The maximum atomic E-state index is 10.5. The molecule has 5 N–H and O–H groups in total. The topological polar surface area (TPSA) is 106 Å². The summed E-state index contributed by atoms with van der Waals surface area (Å²) in [6.45, 7) is 0. The van der Waals surface area contributed by atoms with Crippen molar-refractivity contribution in [1.82, 2.24) is 0 Å². The first-order valence-corrected chi connectivity index (χ1v) is 2.60. The van der Waals surface area contributed by atoms with Crippen LogP contribution in [-0.2, 0) is 9.59 Å². The minimum absolute atomic E-state index is 0.266. The highest BCUT2D eigenvalue weighted by atomic mass is 16.4. The summed E-state index contributed by atoms with van der Waals surface area (Å²) in [5.74, 6) is -2.42. The van der Waals surface area contributed by atoms with E-state index in [1.165, 1.54) is 0 Å². The third-order valence-corrected chi connectivity index (χ3v) is 0.855. The average molecular weight is 149 g/mol. The molecule has 0 aliphatic rings. The lowest BCUT2D eigenvalue weighted by Gasteiger charge is -2.01. The van der Waals surface area contributed by atoms with Gasteiger partial charge < -0.3 is 16.6 Å². The Morgan fingerprint density at radius 2 is 2.40 bits per heavy atom. The molecule has 0 aliphatic carbocycles. The van der Waals surface area contributed by atoms with Gasteiger partial charge in [0.1, 0.15) is 8.84 Å². The van der Waals surface area contributed by atoms with Gasteiger partial charge >= 0.3 is 5.97 Å². The fraction of sp³-hybridized carbons (Fsp3) is 0.600. The molecule has 0 saturated heterocycles. The summed E-state index contributed by atoms with van der Waals surface area (Å²) in [5, 5.41) is 8.49. The predicted octanol–water partition coefficient (Wildman–Crippen LogP) is -1.34. The molecule has 0 radical (unpaired) electrons. The van der Waals surface area contributed by atoms with Crippen molar-refractivity contribution >= 4 is 11.9 Å². The van der Waals surface area contributed by atoms with E-state index in [2.05, 4.69) is 0 Å². The van der Waals surface area contributed by atoms with Crippen LogP contribution < -0.4 is 11.5 Å². The molecule has 5 heteroatoms. The zero-order valence-electron chi connectivity index (χ0n) is 8.20. The number of aliphatic carboxylic acids is 1. The molecule has 1 amide bonds. The summed E-state index contributed by atoms with van der Waals surface area (Å²) in [7, 11) is 0. The Hall–Kier alpha value is -1.10. The van der Waals surface area contributed by atoms with E-state index < -0.39 is 24.3 Å². The van der Waals surface area contributed by atoms with E-state index in [-0.39, 0.29) is 12.1 Å². The second-order valence-corrected chi connectivity index (χ2v) is 1.72. The van der Waals surface area contributed by atoms with Crippen LogP contribution in [0.2, 0.25) is 2.82 Å². The second-order valence-electron chi connectivity index (χ2n) is 1.72. The quantitative estimate of drug-likeness (QED) is 0.450. The van der Waals surface area contributed by atoms with Crippen molar-refractivity contribution in [2.45, 2.75) is 18.9 Å². The molecule has 58 valence electrons. The molecule has 1 atom stereocenters. The van der Waals surface area contributed by atoms with Gasteiger partial charge in [0.25, 0.3) is 0 Å². The van der Waals surface area contributed by atoms with Gasteiger partial charge in [-0.2, -0.15) is 0 Å². The Labute approximate surface area is 62.3 Å². The third kappa shape index (κ3) is 3.85. The number of carbonyl (C=O) groups excluding carboxylic acids is 1. The van der Waals surface area contributed by atoms with E-state index in [1.807, 2.05) is 0 Å². The molecule has 0 bridgehead atoms. The van der Waals surface area contributed by atoms with E-state index >= 15 is 0 Å². The van der Waals surface area contributed by atoms with E-state index in [0.717, 1.165) is 0 Å². The summed E-state index contributed by atoms with van der Waals surface area (Å²) >= 11 is 0. The zero-order valence-corrected chi connectivity index (χ0v) is 5.20. The molecule has 5 nitrogen and oxygen atoms in total. The monoisotopic (exact) mass is 149 g/mol. The Balaban J connectivity index is 4.43. The van der Waals surface area contributed by atoms with Crippen LogP contribution >= 0.6 is 0 Å². The van der Waals surface area contributed by atoms with E-state index in [9.17, 15) is 9.59 Å². The molecule has 0 aromatic heterocycles. The van der Waals surface area contributed by atoms with Gasteiger partial charge in [0.05, 0.1) is 1.37 Å². The minimum Gasteiger partial charge on any atom is -0.480 e. The van der Waals surface area contributed by atoms with Gasteiger partial charge in [0, 0.05) is 6.42 Å². The van der Waals surface area contributed by atoms with Gasteiger partial charge in [0.15, 0.2) is 0 Å². The van der Waals surface area contributed by atoms with Crippen LogP contribution in [0.25, 0.3) is 0 Å². The van der Waals surface area contributed by atoms with Gasteiger partial charge in [-0.15, -0.1) is 0 Å². The lowest BCUT2D eigenvalue weighted by Crippen LogP contribution is -2.31. The highest BCUT2D eigenvalue weighted by Gasteiger charge is 2.11. The molecular weight excluding hydrogens is 136 g/mol. The fourth-order valence-corrected chi connectivity index (χ4v) is 0.349. The summed E-state index contributed by atoms with van der Waals surface area (Å²) in [6.07, 6.45) is -0.825. The van der Waals surface area contributed by atoms with Crippen molar-refractivity contribution in [2.24, 2.45) is 11.5 Å². The summed E-state index contributed by atoms with van der Waals surface area (Å²) in [5.41, 5.74) is 4.48. The van der Waals surface area contributed by atoms with Gasteiger partial charge in [0.2, 0.25) is 5.91 Å². The molecule has 0 fully saturated rings. The molecule has 0 rings (SSSR count). The molecular formula is C5H10N2O3. The lowest BCUT2D eigenvalue weighted by atomic mass is 10.2. The van der Waals surface area contributed by atoms with Gasteiger partial charge in [-0.05, 0) is 6.42 Å². The Morgan fingerprint density at radius 1 is 1.80 bits per heavy atom. The largest absolute Gasteiger partial charge is 0.480 e. The van der Waals surface area contributed by atoms with Crippen molar-refractivity contribution in [2.75, 3.05) is 0 Å². The maximum absolute atomic E-state index is 10.5. The van der Waals surface area contributed by atoms with Crippen LogP contribution in [0.5, 0.6) is 0 Å². The molecule has 10 heavy (non-hydrogen) atoms. The molecule has 0 aliphatic heterocycles. The Kier molecular flexibility index (Phi) is 1.79. The molecule has 0 saturated carbocycles. The fourth-order valence-electron chi connectivity index (χ4n) is 0.349. The second kappa shape index (κ2) is 3.84. The van der Waals surface area contributed by atoms with Gasteiger partial charge in [-0.25, -0.2) is 0 Å². The van der Waals surface area contributed by atoms with Crippen LogP contribution in [0.4, 0.5) is 0 Å². The standard InChI is InChI=1S/C5H10N2O3/c6-3(5(9)10)1-2-4(7)8/h3H,1-2,6H2,(H2,7,8)(H,9,10)/t3-/m0/s1/i3D/hD2. The first-order chi connectivity index (χ1) is 5.80. The zero-order chi connectivity index (χ0) is 10.6. The number of amides is 1. The highest BCUT2D eigenvalue weighted by molar-refractivity contribution is 5.76. The van der Waals surface area contributed by atoms with Crippen molar-refractivity contribution in [3.63, 3.8) is 0 Å².